The van der Waals surface area contributed by atoms with E-state index < -0.39 is 0 Å². The second-order valence-corrected chi connectivity index (χ2v) is 8.60. The Labute approximate surface area is 183 Å². The average Bonchev–Trinajstić information content (AvgIpc) is 2.79. The third-order valence-corrected chi connectivity index (χ3v) is 6.20. The summed E-state index contributed by atoms with van der Waals surface area (Å²) < 4.78 is 0. The normalized spacial score (nSPS) is 17.5. The van der Waals surface area contributed by atoms with Gasteiger partial charge in [-0.15, -0.1) is 0 Å². The van der Waals surface area contributed by atoms with Crippen molar-refractivity contribution in [2.75, 3.05) is 36.4 Å². The number of rotatable bonds is 4. The molecule has 2 amide bonds. The number of nitrogens with one attached hydrogen (secondary N) is 1. The van der Waals surface area contributed by atoms with E-state index in [2.05, 4.69) is 20.2 Å². The SMILES string of the molecule is Cc1cc(N2CCN(C(=O)c3cccc(NC(=O)C4CCCCC4)c3)CC2)nc(C)n1. The molecule has 0 spiro atoms. The van der Waals surface area contributed by atoms with Crippen LogP contribution in [0.3, 0.4) is 0 Å². The van der Waals surface area contributed by atoms with E-state index in [1.807, 2.05) is 43.0 Å². The highest BCUT2D eigenvalue weighted by Gasteiger charge is 2.24. The summed E-state index contributed by atoms with van der Waals surface area (Å²) in [7, 11) is 0. The molecule has 1 saturated heterocycles. The van der Waals surface area contributed by atoms with Crippen LogP contribution in [0.15, 0.2) is 30.3 Å². The lowest BCUT2D eigenvalue weighted by atomic mass is 9.88. The maximum Gasteiger partial charge on any atom is 0.254 e. The van der Waals surface area contributed by atoms with Gasteiger partial charge in [0.25, 0.3) is 5.91 Å². The van der Waals surface area contributed by atoms with E-state index in [1.54, 1.807) is 6.07 Å². The van der Waals surface area contributed by atoms with Crippen molar-refractivity contribution in [3.8, 4) is 0 Å². The number of piperazine rings is 1. The molecule has 0 radical (unpaired) electrons. The van der Waals surface area contributed by atoms with Gasteiger partial charge in [0.15, 0.2) is 0 Å². The molecular formula is C24H31N5O2. The van der Waals surface area contributed by atoms with Gasteiger partial charge in [-0.25, -0.2) is 9.97 Å². The van der Waals surface area contributed by atoms with E-state index in [4.69, 9.17) is 0 Å². The monoisotopic (exact) mass is 421 g/mol. The van der Waals surface area contributed by atoms with E-state index in [-0.39, 0.29) is 17.7 Å². The van der Waals surface area contributed by atoms with Crippen LogP contribution in [0.1, 0.15) is 54.0 Å². The highest BCUT2D eigenvalue weighted by Crippen LogP contribution is 2.25. The zero-order valence-electron chi connectivity index (χ0n) is 18.4. The molecule has 2 fully saturated rings. The summed E-state index contributed by atoms with van der Waals surface area (Å²) in [4.78, 5) is 38.6. The molecule has 1 aliphatic heterocycles. The fourth-order valence-electron chi connectivity index (χ4n) is 4.52. The van der Waals surface area contributed by atoms with Gasteiger partial charge in [-0.3, -0.25) is 9.59 Å². The van der Waals surface area contributed by atoms with Crippen molar-refractivity contribution < 1.29 is 9.59 Å². The first-order chi connectivity index (χ1) is 15.0. The molecule has 2 aliphatic rings. The Kier molecular flexibility index (Phi) is 6.49. The van der Waals surface area contributed by atoms with Crippen molar-refractivity contribution in [3.05, 3.63) is 47.4 Å². The molecule has 1 aromatic heterocycles. The third kappa shape index (κ3) is 5.21. The van der Waals surface area contributed by atoms with E-state index in [0.29, 0.717) is 24.3 Å². The first-order valence-electron chi connectivity index (χ1n) is 11.3. The van der Waals surface area contributed by atoms with E-state index >= 15 is 0 Å². The van der Waals surface area contributed by atoms with Gasteiger partial charge in [-0.2, -0.15) is 0 Å². The molecule has 1 aliphatic carbocycles. The topological polar surface area (TPSA) is 78.4 Å². The van der Waals surface area contributed by atoms with Gasteiger partial charge in [0.1, 0.15) is 11.6 Å². The van der Waals surface area contributed by atoms with Crippen molar-refractivity contribution in [2.24, 2.45) is 5.92 Å². The van der Waals surface area contributed by atoms with Crippen molar-refractivity contribution in [1.29, 1.82) is 0 Å². The van der Waals surface area contributed by atoms with Gasteiger partial charge in [-0.05, 0) is 44.9 Å². The number of carbonyl (C=O) groups is 2. The Morgan fingerprint density at radius 2 is 1.71 bits per heavy atom. The summed E-state index contributed by atoms with van der Waals surface area (Å²) in [6.45, 7) is 6.62. The Bertz CT molecular complexity index is 926. The van der Waals surface area contributed by atoms with Crippen LogP contribution in [0.25, 0.3) is 0 Å². The van der Waals surface area contributed by atoms with Crippen LogP contribution >= 0.6 is 0 Å². The van der Waals surface area contributed by atoms with Crippen LogP contribution in [-0.4, -0.2) is 52.9 Å². The zero-order valence-corrected chi connectivity index (χ0v) is 18.4. The van der Waals surface area contributed by atoms with E-state index in [1.165, 1.54) is 6.42 Å². The highest BCUT2D eigenvalue weighted by molar-refractivity contribution is 5.97. The highest BCUT2D eigenvalue weighted by atomic mass is 16.2. The first kappa shape index (κ1) is 21.3. The number of benzene rings is 1. The van der Waals surface area contributed by atoms with Crippen molar-refractivity contribution in [3.63, 3.8) is 0 Å². The zero-order chi connectivity index (χ0) is 21.8. The molecule has 0 atom stereocenters. The predicted molar refractivity (Wildman–Crippen MR) is 121 cm³/mol. The summed E-state index contributed by atoms with van der Waals surface area (Å²) in [5, 5.41) is 3.02. The number of nitrogens with zero attached hydrogens (tertiary/aromatic N) is 4. The summed E-state index contributed by atoms with van der Waals surface area (Å²) in [5.41, 5.74) is 2.27. The van der Waals surface area contributed by atoms with Crippen molar-refractivity contribution in [1.82, 2.24) is 14.9 Å². The van der Waals surface area contributed by atoms with Gasteiger partial charge in [0.05, 0.1) is 0 Å². The Hall–Kier alpha value is -2.96. The minimum Gasteiger partial charge on any atom is -0.353 e. The average molecular weight is 422 g/mol. The maximum atomic E-state index is 13.1. The number of hydrogen-bond acceptors (Lipinski definition) is 5. The summed E-state index contributed by atoms with van der Waals surface area (Å²) in [5.74, 6) is 1.86. The molecule has 0 unspecified atom stereocenters. The van der Waals surface area contributed by atoms with Crippen molar-refractivity contribution >= 4 is 23.3 Å². The van der Waals surface area contributed by atoms with Gasteiger partial charge in [-0.1, -0.05) is 25.3 Å². The van der Waals surface area contributed by atoms with Gasteiger partial charge >= 0.3 is 0 Å². The second-order valence-electron chi connectivity index (χ2n) is 8.60. The number of amides is 2. The first-order valence-corrected chi connectivity index (χ1v) is 11.3. The maximum absolute atomic E-state index is 13.1. The molecule has 1 aromatic carbocycles. The smallest absolute Gasteiger partial charge is 0.254 e. The number of anilines is 2. The number of carbonyl (C=O) groups excluding carboxylic acids is 2. The van der Waals surface area contributed by atoms with Gasteiger partial charge < -0.3 is 15.1 Å². The fraction of sp³-hybridized carbons (Fsp3) is 0.500. The second kappa shape index (κ2) is 9.45. The summed E-state index contributed by atoms with van der Waals surface area (Å²) >= 11 is 0. The van der Waals surface area contributed by atoms with Crippen LogP contribution in [0.4, 0.5) is 11.5 Å². The van der Waals surface area contributed by atoms with Gasteiger partial charge in [0, 0.05) is 55.1 Å². The summed E-state index contributed by atoms with van der Waals surface area (Å²) in [6.07, 6.45) is 5.38. The number of aromatic nitrogens is 2. The molecular weight excluding hydrogens is 390 g/mol. The van der Waals surface area contributed by atoms with Crippen LogP contribution in [-0.2, 0) is 4.79 Å². The molecule has 0 bridgehead atoms. The van der Waals surface area contributed by atoms with Crippen LogP contribution in [0, 0.1) is 19.8 Å². The minimum absolute atomic E-state index is 0.00321. The summed E-state index contributed by atoms with van der Waals surface area (Å²) in [6, 6.07) is 9.30. The molecule has 2 aromatic rings. The van der Waals surface area contributed by atoms with Crippen LogP contribution in [0.5, 0.6) is 0 Å². The third-order valence-electron chi connectivity index (χ3n) is 6.20. The van der Waals surface area contributed by atoms with Gasteiger partial charge in [0.2, 0.25) is 5.91 Å². The molecule has 7 heteroatoms. The van der Waals surface area contributed by atoms with Crippen LogP contribution < -0.4 is 10.2 Å². The fourth-order valence-corrected chi connectivity index (χ4v) is 4.52. The molecule has 7 nitrogen and oxygen atoms in total. The molecule has 164 valence electrons. The molecule has 2 heterocycles. The Morgan fingerprint density at radius 1 is 0.968 bits per heavy atom. The predicted octanol–water partition coefficient (Wildman–Crippen LogP) is 3.57. The quantitative estimate of drug-likeness (QED) is 0.816. The Balaban J connectivity index is 1.36. The molecule has 1 saturated carbocycles. The largest absolute Gasteiger partial charge is 0.353 e. The van der Waals surface area contributed by atoms with Crippen LogP contribution in [0.2, 0.25) is 0 Å². The lowest BCUT2D eigenvalue weighted by Crippen LogP contribution is -2.49. The Morgan fingerprint density at radius 3 is 2.42 bits per heavy atom. The standard InChI is InChI=1S/C24H31N5O2/c1-17-15-22(26-18(2)25-17)28-11-13-29(14-12-28)24(31)20-9-6-10-21(16-20)27-23(30)19-7-4-3-5-8-19/h6,9-10,15-16,19H,3-5,7-8,11-14H2,1-2H3,(H,27,30). The number of hydrogen-bond donors (Lipinski definition) is 1. The van der Waals surface area contributed by atoms with E-state index in [9.17, 15) is 9.59 Å². The molecule has 4 rings (SSSR count). The molecule has 1 N–H and O–H groups in total. The molecule has 31 heavy (non-hydrogen) atoms. The lowest BCUT2D eigenvalue weighted by Gasteiger charge is -2.35. The number of aryl methyl sites for hydroxylation is 2. The van der Waals surface area contributed by atoms with E-state index in [0.717, 1.165) is 56.1 Å². The lowest BCUT2D eigenvalue weighted by molar-refractivity contribution is -0.120. The van der Waals surface area contributed by atoms with Crippen molar-refractivity contribution in [2.45, 2.75) is 46.0 Å². The minimum atomic E-state index is 0.00321.